The van der Waals surface area contributed by atoms with Crippen molar-refractivity contribution in [2.45, 2.75) is 31.6 Å². The summed E-state index contributed by atoms with van der Waals surface area (Å²) in [6, 6.07) is 12.7. The van der Waals surface area contributed by atoms with Gasteiger partial charge in [0.1, 0.15) is 0 Å². The van der Waals surface area contributed by atoms with Gasteiger partial charge < -0.3 is 15.0 Å². The first-order valence-electron chi connectivity index (χ1n) is 8.67. The molecule has 1 aliphatic rings. The van der Waals surface area contributed by atoms with E-state index < -0.39 is 12.8 Å². The summed E-state index contributed by atoms with van der Waals surface area (Å²) in [5.74, 6) is -0.129. The summed E-state index contributed by atoms with van der Waals surface area (Å²) in [6.07, 6.45) is -1.32. The first kappa shape index (κ1) is 19.0. The molecule has 0 unspecified atom stereocenters. The van der Waals surface area contributed by atoms with Gasteiger partial charge in [0.15, 0.2) is 6.61 Å². The van der Waals surface area contributed by atoms with Crippen molar-refractivity contribution in [1.29, 1.82) is 0 Å². The molecule has 2 amide bonds. The second kappa shape index (κ2) is 8.28. The fourth-order valence-electron chi connectivity index (χ4n) is 3.14. The molecule has 0 aliphatic carbocycles. The van der Waals surface area contributed by atoms with Gasteiger partial charge in [0, 0.05) is 24.8 Å². The molecule has 144 valence electrons. The number of carbonyl (C=O) groups is 1. The lowest BCUT2D eigenvalue weighted by molar-refractivity contribution is -0.154. The van der Waals surface area contributed by atoms with Crippen molar-refractivity contribution in [1.82, 2.24) is 15.2 Å². The number of nitrogens with zero attached hydrogens (tertiary/aromatic N) is 2. The minimum absolute atomic E-state index is 0.000971. The van der Waals surface area contributed by atoms with Crippen molar-refractivity contribution < 1.29 is 22.7 Å². The number of pyridine rings is 1. The van der Waals surface area contributed by atoms with Crippen molar-refractivity contribution in [3.63, 3.8) is 0 Å². The van der Waals surface area contributed by atoms with Gasteiger partial charge in [-0.3, -0.25) is 0 Å². The van der Waals surface area contributed by atoms with Crippen LogP contribution in [0.5, 0.6) is 5.88 Å². The minimum atomic E-state index is -4.45. The average Bonchev–Trinajstić information content (AvgIpc) is 3.15. The predicted octanol–water partition coefficient (Wildman–Crippen LogP) is 4.07. The molecule has 1 N–H and O–H groups in total. The standard InChI is InChI=1S/C19H20F3N3O2/c20-19(21,22)13-27-17-15(8-4-10-23-17)12-24-18(26)25-11-5-9-16(25)14-6-2-1-3-7-14/h1-4,6-8,10,16H,5,9,11-13H2,(H,24,26)/t16-/m1/s1. The molecule has 2 heterocycles. The van der Waals surface area contributed by atoms with Crippen molar-refractivity contribution in [3.8, 4) is 5.88 Å². The first-order chi connectivity index (χ1) is 12.9. The number of urea groups is 1. The maximum atomic E-state index is 12.6. The number of rotatable bonds is 5. The first-order valence-corrected chi connectivity index (χ1v) is 8.67. The quantitative estimate of drug-likeness (QED) is 0.852. The van der Waals surface area contributed by atoms with Gasteiger partial charge in [-0.2, -0.15) is 13.2 Å². The molecule has 1 aromatic heterocycles. The Bertz CT molecular complexity index is 768. The topological polar surface area (TPSA) is 54.5 Å². The monoisotopic (exact) mass is 379 g/mol. The molecule has 1 aromatic carbocycles. The van der Waals surface area contributed by atoms with Gasteiger partial charge in [-0.1, -0.05) is 36.4 Å². The summed E-state index contributed by atoms with van der Waals surface area (Å²) in [4.78, 5) is 18.2. The molecule has 1 fully saturated rings. The van der Waals surface area contributed by atoms with E-state index in [2.05, 4.69) is 10.3 Å². The number of ether oxygens (including phenoxy) is 1. The molecule has 1 saturated heterocycles. The fourth-order valence-corrected chi connectivity index (χ4v) is 3.14. The van der Waals surface area contributed by atoms with Gasteiger partial charge in [-0.25, -0.2) is 9.78 Å². The molecule has 0 saturated carbocycles. The highest BCUT2D eigenvalue weighted by Gasteiger charge is 2.31. The Balaban J connectivity index is 1.62. The van der Waals surface area contributed by atoms with E-state index in [0.717, 1.165) is 18.4 Å². The van der Waals surface area contributed by atoms with Gasteiger partial charge in [0.25, 0.3) is 0 Å². The summed E-state index contributed by atoms with van der Waals surface area (Å²) < 4.78 is 41.8. The SMILES string of the molecule is O=C(NCc1cccnc1OCC(F)(F)F)N1CCC[C@@H]1c1ccccc1. The van der Waals surface area contributed by atoms with Crippen LogP contribution in [0.1, 0.15) is 30.0 Å². The Labute approximate surface area is 155 Å². The van der Waals surface area contributed by atoms with Crippen molar-refractivity contribution >= 4 is 6.03 Å². The van der Waals surface area contributed by atoms with E-state index in [4.69, 9.17) is 4.74 Å². The molecule has 3 rings (SSSR count). The van der Waals surface area contributed by atoms with Crippen LogP contribution in [0.3, 0.4) is 0 Å². The number of alkyl halides is 3. The van der Waals surface area contributed by atoms with E-state index in [9.17, 15) is 18.0 Å². The molecular formula is C19H20F3N3O2. The van der Waals surface area contributed by atoms with Crippen LogP contribution in [0.25, 0.3) is 0 Å². The zero-order valence-electron chi connectivity index (χ0n) is 14.6. The van der Waals surface area contributed by atoms with Crippen LogP contribution in [0.15, 0.2) is 48.7 Å². The number of amides is 2. The Morgan fingerprint density at radius 1 is 1.22 bits per heavy atom. The van der Waals surface area contributed by atoms with E-state index >= 15 is 0 Å². The third-order valence-corrected chi connectivity index (χ3v) is 4.35. The van der Waals surface area contributed by atoms with Gasteiger partial charge in [0.05, 0.1) is 6.04 Å². The lowest BCUT2D eigenvalue weighted by atomic mass is 10.1. The third kappa shape index (κ3) is 5.12. The summed E-state index contributed by atoms with van der Waals surface area (Å²) in [7, 11) is 0. The molecule has 1 atom stereocenters. The Hall–Kier alpha value is -2.77. The molecule has 8 heteroatoms. The summed E-state index contributed by atoms with van der Waals surface area (Å²) in [6.45, 7) is -0.749. The third-order valence-electron chi connectivity index (χ3n) is 4.35. The molecule has 0 bridgehead atoms. The molecule has 5 nitrogen and oxygen atoms in total. The largest absolute Gasteiger partial charge is 0.468 e. The van der Waals surface area contributed by atoms with Crippen LogP contribution in [0.4, 0.5) is 18.0 Å². The van der Waals surface area contributed by atoms with E-state index in [1.54, 1.807) is 17.0 Å². The highest BCUT2D eigenvalue weighted by atomic mass is 19.4. The molecule has 0 spiro atoms. The maximum Gasteiger partial charge on any atom is 0.422 e. The van der Waals surface area contributed by atoms with E-state index in [0.29, 0.717) is 12.1 Å². The van der Waals surface area contributed by atoms with Gasteiger partial charge in [-0.05, 0) is 24.5 Å². The smallest absolute Gasteiger partial charge is 0.422 e. The maximum absolute atomic E-state index is 12.6. The summed E-state index contributed by atoms with van der Waals surface area (Å²) in [5.41, 5.74) is 1.46. The summed E-state index contributed by atoms with van der Waals surface area (Å²) in [5, 5.41) is 2.76. The molecule has 1 aliphatic heterocycles. The van der Waals surface area contributed by atoms with Crippen LogP contribution in [-0.4, -0.2) is 35.2 Å². The normalized spacial score (nSPS) is 17.0. The predicted molar refractivity (Wildman–Crippen MR) is 93.1 cm³/mol. The number of halogens is 3. The summed E-state index contributed by atoms with van der Waals surface area (Å²) >= 11 is 0. The highest BCUT2D eigenvalue weighted by Crippen LogP contribution is 2.31. The van der Waals surface area contributed by atoms with Crippen molar-refractivity contribution in [2.75, 3.05) is 13.2 Å². The van der Waals surface area contributed by atoms with Gasteiger partial charge >= 0.3 is 12.2 Å². The number of hydrogen-bond acceptors (Lipinski definition) is 3. The number of aromatic nitrogens is 1. The number of likely N-dealkylation sites (tertiary alicyclic amines) is 1. The lowest BCUT2D eigenvalue weighted by Gasteiger charge is -2.25. The van der Waals surface area contributed by atoms with Crippen LogP contribution in [0, 0.1) is 0 Å². The molecule has 2 aromatic rings. The average molecular weight is 379 g/mol. The molecular weight excluding hydrogens is 359 g/mol. The highest BCUT2D eigenvalue weighted by molar-refractivity contribution is 5.75. The van der Waals surface area contributed by atoms with Crippen LogP contribution >= 0.6 is 0 Å². The molecule has 27 heavy (non-hydrogen) atoms. The minimum Gasteiger partial charge on any atom is -0.468 e. The van der Waals surface area contributed by atoms with Gasteiger partial charge in [-0.15, -0.1) is 0 Å². The number of hydrogen-bond donors (Lipinski definition) is 1. The van der Waals surface area contributed by atoms with E-state index in [1.807, 2.05) is 30.3 Å². The van der Waals surface area contributed by atoms with Crippen molar-refractivity contribution in [3.05, 3.63) is 59.8 Å². The zero-order chi connectivity index (χ0) is 19.3. The Morgan fingerprint density at radius 3 is 2.74 bits per heavy atom. The fraction of sp³-hybridized carbons (Fsp3) is 0.368. The van der Waals surface area contributed by atoms with Gasteiger partial charge in [0.2, 0.25) is 5.88 Å². The number of benzene rings is 1. The Kier molecular flexibility index (Phi) is 5.83. The van der Waals surface area contributed by atoms with E-state index in [1.165, 1.54) is 6.20 Å². The lowest BCUT2D eigenvalue weighted by Crippen LogP contribution is -2.39. The van der Waals surface area contributed by atoms with Crippen LogP contribution in [0.2, 0.25) is 0 Å². The zero-order valence-corrected chi connectivity index (χ0v) is 14.6. The molecule has 0 radical (unpaired) electrons. The second-order valence-corrected chi connectivity index (χ2v) is 6.29. The van der Waals surface area contributed by atoms with E-state index in [-0.39, 0.29) is 24.5 Å². The Morgan fingerprint density at radius 2 is 2.00 bits per heavy atom. The van der Waals surface area contributed by atoms with Crippen molar-refractivity contribution in [2.24, 2.45) is 0 Å². The second-order valence-electron chi connectivity index (χ2n) is 6.29. The number of nitrogens with one attached hydrogen (secondary N) is 1. The van der Waals surface area contributed by atoms with Crippen LogP contribution in [-0.2, 0) is 6.54 Å². The number of carbonyl (C=O) groups excluding carboxylic acids is 1. The van der Waals surface area contributed by atoms with Crippen LogP contribution < -0.4 is 10.1 Å².